The fourth-order valence-corrected chi connectivity index (χ4v) is 4.52. The Morgan fingerprint density at radius 2 is 2.00 bits per heavy atom. The summed E-state index contributed by atoms with van der Waals surface area (Å²) in [6.07, 6.45) is 0.637. The maximum Gasteiger partial charge on any atom is 0.239 e. The van der Waals surface area contributed by atoms with Gasteiger partial charge in [0.2, 0.25) is 5.91 Å². The summed E-state index contributed by atoms with van der Waals surface area (Å²) in [7, 11) is -1.04. The standard InChI is InChI=1S/C12H23N3O3S/c1-10(12(16)15-6-4-13-5-7-15)14(2)11-3-8-19(17,18)9-11/h10-11,13H,3-9H2,1-2H3. The lowest BCUT2D eigenvalue weighted by molar-refractivity contribution is -0.137. The smallest absolute Gasteiger partial charge is 0.239 e. The molecule has 0 bridgehead atoms. The van der Waals surface area contributed by atoms with Crippen LogP contribution in [0.4, 0.5) is 0 Å². The molecule has 0 radical (unpaired) electrons. The van der Waals surface area contributed by atoms with Gasteiger partial charge in [-0.1, -0.05) is 0 Å². The summed E-state index contributed by atoms with van der Waals surface area (Å²) in [4.78, 5) is 16.2. The van der Waals surface area contributed by atoms with Crippen molar-refractivity contribution in [2.24, 2.45) is 0 Å². The predicted molar refractivity (Wildman–Crippen MR) is 73.7 cm³/mol. The maximum atomic E-state index is 12.4. The maximum absolute atomic E-state index is 12.4. The second kappa shape index (κ2) is 5.76. The van der Waals surface area contributed by atoms with Gasteiger partial charge < -0.3 is 10.2 Å². The van der Waals surface area contributed by atoms with Crippen LogP contribution in [0.15, 0.2) is 0 Å². The average Bonchev–Trinajstić information content (AvgIpc) is 2.77. The van der Waals surface area contributed by atoms with Crippen molar-refractivity contribution in [2.45, 2.75) is 25.4 Å². The molecule has 110 valence electrons. The van der Waals surface area contributed by atoms with Gasteiger partial charge in [0.25, 0.3) is 0 Å². The molecule has 6 nitrogen and oxygen atoms in total. The Morgan fingerprint density at radius 1 is 1.37 bits per heavy atom. The van der Waals surface area contributed by atoms with E-state index in [-0.39, 0.29) is 29.5 Å². The molecule has 2 aliphatic heterocycles. The summed E-state index contributed by atoms with van der Waals surface area (Å²) in [6, 6.07) is -0.275. The fourth-order valence-electron chi connectivity index (χ4n) is 2.74. The van der Waals surface area contributed by atoms with Crippen LogP contribution in [0.25, 0.3) is 0 Å². The second-order valence-electron chi connectivity index (χ2n) is 5.47. The lowest BCUT2D eigenvalue weighted by Gasteiger charge is -2.35. The number of rotatable bonds is 3. The molecule has 2 saturated heterocycles. The summed E-state index contributed by atoms with van der Waals surface area (Å²) >= 11 is 0. The number of nitrogens with zero attached hydrogens (tertiary/aromatic N) is 2. The van der Waals surface area contributed by atoms with Gasteiger partial charge in [-0.05, 0) is 20.4 Å². The minimum absolute atomic E-state index is 0.0214. The molecule has 7 heteroatoms. The van der Waals surface area contributed by atoms with Crippen LogP contribution in [-0.2, 0) is 14.6 Å². The molecule has 19 heavy (non-hydrogen) atoms. The van der Waals surface area contributed by atoms with E-state index in [1.165, 1.54) is 0 Å². The van der Waals surface area contributed by atoms with Gasteiger partial charge in [0.05, 0.1) is 17.5 Å². The zero-order valence-corrected chi connectivity index (χ0v) is 12.4. The van der Waals surface area contributed by atoms with E-state index >= 15 is 0 Å². The fraction of sp³-hybridized carbons (Fsp3) is 0.917. The van der Waals surface area contributed by atoms with Crippen molar-refractivity contribution in [2.75, 3.05) is 44.7 Å². The third-order valence-electron chi connectivity index (χ3n) is 4.18. The van der Waals surface area contributed by atoms with Crippen molar-refractivity contribution >= 4 is 15.7 Å². The largest absolute Gasteiger partial charge is 0.339 e. The zero-order chi connectivity index (χ0) is 14.0. The Bertz CT molecular complexity index is 432. The zero-order valence-electron chi connectivity index (χ0n) is 11.6. The highest BCUT2D eigenvalue weighted by molar-refractivity contribution is 7.91. The van der Waals surface area contributed by atoms with Crippen LogP contribution in [0.2, 0.25) is 0 Å². The highest BCUT2D eigenvalue weighted by Crippen LogP contribution is 2.19. The van der Waals surface area contributed by atoms with E-state index in [4.69, 9.17) is 0 Å². The molecule has 2 heterocycles. The Labute approximate surface area is 115 Å². The van der Waals surface area contributed by atoms with Crippen LogP contribution in [-0.4, -0.2) is 80.9 Å². The van der Waals surface area contributed by atoms with Gasteiger partial charge in [0.1, 0.15) is 0 Å². The van der Waals surface area contributed by atoms with Gasteiger partial charge in [-0.3, -0.25) is 9.69 Å². The second-order valence-corrected chi connectivity index (χ2v) is 7.70. The van der Waals surface area contributed by atoms with Crippen molar-refractivity contribution in [3.05, 3.63) is 0 Å². The van der Waals surface area contributed by atoms with Crippen LogP contribution < -0.4 is 5.32 Å². The van der Waals surface area contributed by atoms with E-state index in [0.29, 0.717) is 6.42 Å². The molecule has 1 amide bonds. The summed E-state index contributed by atoms with van der Waals surface area (Å²) < 4.78 is 23.0. The van der Waals surface area contributed by atoms with Crippen LogP contribution >= 0.6 is 0 Å². The Morgan fingerprint density at radius 3 is 2.53 bits per heavy atom. The first-order valence-corrected chi connectivity index (χ1v) is 8.65. The number of carbonyl (C=O) groups is 1. The lowest BCUT2D eigenvalue weighted by Crippen LogP contribution is -2.54. The molecule has 2 rings (SSSR count). The van der Waals surface area contributed by atoms with Gasteiger partial charge >= 0.3 is 0 Å². The van der Waals surface area contributed by atoms with E-state index < -0.39 is 9.84 Å². The monoisotopic (exact) mass is 289 g/mol. The molecule has 0 spiro atoms. The van der Waals surface area contributed by atoms with E-state index in [1.54, 1.807) is 0 Å². The quantitative estimate of drug-likeness (QED) is 0.716. The number of piperazine rings is 1. The summed E-state index contributed by atoms with van der Waals surface area (Å²) in [6.45, 7) is 5.01. The minimum Gasteiger partial charge on any atom is -0.339 e. The number of hydrogen-bond donors (Lipinski definition) is 1. The Balaban J connectivity index is 1.94. The molecule has 0 aromatic heterocycles. The SMILES string of the molecule is CC(C(=O)N1CCNCC1)N(C)C1CCS(=O)(=O)C1. The van der Waals surface area contributed by atoms with Crippen LogP contribution in [0.1, 0.15) is 13.3 Å². The normalized spacial score (nSPS) is 28.6. The van der Waals surface area contributed by atoms with Crippen molar-refractivity contribution in [1.82, 2.24) is 15.1 Å². The summed E-state index contributed by atoms with van der Waals surface area (Å²) in [5.41, 5.74) is 0. The molecule has 0 saturated carbocycles. The Hall–Kier alpha value is -0.660. The van der Waals surface area contributed by atoms with E-state index in [9.17, 15) is 13.2 Å². The van der Waals surface area contributed by atoms with E-state index in [2.05, 4.69) is 5.32 Å². The van der Waals surface area contributed by atoms with Crippen molar-refractivity contribution < 1.29 is 13.2 Å². The molecular weight excluding hydrogens is 266 g/mol. The highest BCUT2D eigenvalue weighted by atomic mass is 32.2. The third kappa shape index (κ3) is 3.46. The van der Waals surface area contributed by atoms with Crippen molar-refractivity contribution in [3.63, 3.8) is 0 Å². The summed E-state index contributed by atoms with van der Waals surface area (Å²) in [5.74, 6) is 0.535. The van der Waals surface area contributed by atoms with Gasteiger partial charge in [-0.2, -0.15) is 0 Å². The van der Waals surface area contributed by atoms with Gasteiger partial charge in [0.15, 0.2) is 9.84 Å². The minimum atomic E-state index is -2.90. The first kappa shape index (κ1) is 14.7. The molecule has 0 aromatic rings. The van der Waals surface area contributed by atoms with Crippen LogP contribution in [0.5, 0.6) is 0 Å². The molecular formula is C12H23N3O3S. The Kier molecular flexibility index (Phi) is 4.47. The first-order chi connectivity index (χ1) is 8.91. The molecule has 0 aromatic carbocycles. The van der Waals surface area contributed by atoms with Gasteiger partial charge in [0, 0.05) is 32.2 Å². The number of nitrogens with one attached hydrogen (secondary N) is 1. The van der Waals surface area contributed by atoms with Crippen molar-refractivity contribution in [1.29, 1.82) is 0 Å². The average molecular weight is 289 g/mol. The van der Waals surface area contributed by atoms with Crippen LogP contribution in [0, 0.1) is 0 Å². The molecule has 2 fully saturated rings. The molecule has 0 aliphatic carbocycles. The lowest BCUT2D eigenvalue weighted by atomic mass is 10.1. The molecule has 2 atom stereocenters. The molecule has 1 N–H and O–H groups in total. The number of sulfone groups is 1. The number of hydrogen-bond acceptors (Lipinski definition) is 5. The van der Waals surface area contributed by atoms with Gasteiger partial charge in [-0.25, -0.2) is 8.42 Å². The molecule has 2 aliphatic rings. The third-order valence-corrected chi connectivity index (χ3v) is 5.93. The number of carbonyl (C=O) groups excluding carboxylic acids is 1. The summed E-state index contributed by atoms with van der Waals surface area (Å²) in [5, 5.41) is 3.22. The first-order valence-electron chi connectivity index (χ1n) is 6.82. The highest BCUT2D eigenvalue weighted by Gasteiger charge is 2.35. The predicted octanol–water partition coefficient (Wildman–Crippen LogP) is -1.07. The van der Waals surface area contributed by atoms with Crippen molar-refractivity contribution in [3.8, 4) is 0 Å². The van der Waals surface area contributed by atoms with Gasteiger partial charge in [-0.15, -0.1) is 0 Å². The van der Waals surface area contributed by atoms with E-state index in [1.807, 2.05) is 23.8 Å². The number of amides is 1. The number of likely N-dealkylation sites (N-methyl/N-ethyl adjacent to an activating group) is 1. The van der Waals surface area contributed by atoms with E-state index in [0.717, 1.165) is 26.2 Å². The van der Waals surface area contributed by atoms with Crippen LogP contribution in [0.3, 0.4) is 0 Å². The molecule has 2 unspecified atom stereocenters. The topological polar surface area (TPSA) is 69.7 Å².